The standard InChI is InChI=1S/C18H19FN4OS/c1-24-17-9-20-15-8-14(21-18(15)22-17)13-7-12(25-2)3-4-16(13)23-6-5-11(19)10-23/h3-4,7-9,11H,5-6,10H2,1-2H3,(H,21,22). The van der Waals surface area contributed by atoms with Crippen LogP contribution in [0.25, 0.3) is 22.4 Å². The molecule has 1 saturated heterocycles. The van der Waals surface area contributed by atoms with Crippen LogP contribution in [0.1, 0.15) is 6.42 Å². The molecule has 3 heterocycles. The van der Waals surface area contributed by atoms with E-state index in [4.69, 9.17) is 4.74 Å². The molecule has 25 heavy (non-hydrogen) atoms. The van der Waals surface area contributed by atoms with Gasteiger partial charge in [-0.3, -0.25) is 0 Å². The summed E-state index contributed by atoms with van der Waals surface area (Å²) in [5.74, 6) is 0.471. The van der Waals surface area contributed by atoms with Gasteiger partial charge < -0.3 is 14.6 Å². The minimum atomic E-state index is -0.761. The highest BCUT2D eigenvalue weighted by Gasteiger charge is 2.24. The van der Waals surface area contributed by atoms with Gasteiger partial charge in [0, 0.05) is 29.2 Å². The SMILES string of the molecule is COc1cnc2cc(-c3cc(SC)ccc3N3CCC(F)C3)[nH]c2n1. The first kappa shape index (κ1) is 16.2. The molecular weight excluding hydrogens is 339 g/mol. The molecule has 1 aliphatic rings. The van der Waals surface area contributed by atoms with Gasteiger partial charge in [0.2, 0.25) is 5.88 Å². The highest BCUT2D eigenvalue weighted by molar-refractivity contribution is 7.98. The lowest BCUT2D eigenvalue weighted by Crippen LogP contribution is -2.20. The zero-order valence-electron chi connectivity index (χ0n) is 14.1. The topological polar surface area (TPSA) is 54.0 Å². The second kappa shape index (κ2) is 6.55. The van der Waals surface area contributed by atoms with E-state index in [-0.39, 0.29) is 0 Å². The molecule has 1 aliphatic heterocycles. The Bertz CT molecular complexity index is 913. The Morgan fingerprint density at radius 1 is 1.36 bits per heavy atom. The summed E-state index contributed by atoms with van der Waals surface area (Å²) in [4.78, 5) is 15.4. The number of thioether (sulfide) groups is 1. The maximum absolute atomic E-state index is 13.7. The predicted molar refractivity (Wildman–Crippen MR) is 99.4 cm³/mol. The number of hydrogen-bond acceptors (Lipinski definition) is 5. The fraction of sp³-hybridized carbons (Fsp3) is 0.333. The molecule has 0 radical (unpaired) electrons. The van der Waals surface area contributed by atoms with Crippen molar-refractivity contribution in [1.82, 2.24) is 15.0 Å². The monoisotopic (exact) mass is 358 g/mol. The number of alkyl halides is 1. The average molecular weight is 358 g/mol. The molecular formula is C18H19FN4OS. The number of nitrogens with zero attached hydrogens (tertiary/aromatic N) is 3. The number of halogens is 1. The summed E-state index contributed by atoms with van der Waals surface area (Å²) in [7, 11) is 1.57. The van der Waals surface area contributed by atoms with Crippen LogP contribution in [0.2, 0.25) is 0 Å². The van der Waals surface area contributed by atoms with Crippen molar-refractivity contribution in [2.45, 2.75) is 17.5 Å². The van der Waals surface area contributed by atoms with E-state index in [0.717, 1.165) is 33.9 Å². The summed E-state index contributed by atoms with van der Waals surface area (Å²) in [6.45, 7) is 1.17. The lowest BCUT2D eigenvalue weighted by atomic mass is 10.1. The number of fused-ring (bicyclic) bond motifs is 1. The van der Waals surface area contributed by atoms with E-state index in [9.17, 15) is 4.39 Å². The Kier molecular flexibility index (Phi) is 4.25. The quantitative estimate of drug-likeness (QED) is 0.717. The fourth-order valence-electron chi connectivity index (χ4n) is 3.19. The third kappa shape index (κ3) is 3.04. The number of H-pyrrole nitrogens is 1. The highest BCUT2D eigenvalue weighted by atomic mass is 32.2. The van der Waals surface area contributed by atoms with Gasteiger partial charge in [0.05, 0.1) is 19.0 Å². The van der Waals surface area contributed by atoms with Gasteiger partial charge in [-0.15, -0.1) is 11.8 Å². The Balaban J connectivity index is 1.82. The molecule has 130 valence electrons. The number of rotatable bonds is 4. The Morgan fingerprint density at radius 3 is 2.96 bits per heavy atom. The molecule has 1 N–H and O–H groups in total. The third-order valence-electron chi connectivity index (χ3n) is 4.49. The fourth-order valence-corrected chi connectivity index (χ4v) is 3.63. The Hall–Kier alpha value is -2.28. The van der Waals surface area contributed by atoms with Crippen LogP contribution in [0.15, 0.2) is 35.4 Å². The second-order valence-electron chi connectivity index (χ2n) is 6.04. The van der Waals surface area contributed by atoms with Crippen molar-refractivity contribution in [3.8, 4) is 17.1 Å². The maximum atomic E-state index is 13.7. The number of aromatic nitrogens is 3. The summed E-state index contributed by atoms with van der Waals surface area (Å²) in [5.41, 5.74) is 4.47. The van der Waals surface area contributed by atoms with Crippen molar-refractivity contribution in [2.24, 2.45) is 0 Å². The van der Waals surface area contributed by atoms with E-state index in [1.807, 2.05) is 12.3 Å². The Labute approximate surface area is 149 Å². The van der Waals surface area contributed by atoms with Crippen LogP contribution in [0, 0.1) is 0 Å². The molecule has 1 aromatic carbocycles. The minimum absolute atomic E-state index is 0.441. The second-order valence-corrected chi connectivity index (χ2v) is 6.92. The molecule has 2 aromatic heterocycles. The summed E-state index contributed by atoms with van der Waals surface area (Å²) < 4.78 is 18.8. The van der Waals surface area contributed by atoms with Crippen LogP contribution in [0.3, 0.4) is 0 Å². The summed E-state index contributed by atoms with van der Waals surface area (Å²) in [6, 6.07) is 8.27. The largest absolute Gasteiger partial charge is 0.480 e. The van der Waals surface area contributed by atoms with Crippen molar-refractivity contribution in [2.75, 3.05) is 31.4 Å². The van der Waals surface area contributed by atoms with Gasteiger partial charge in [0.1, 0.15) is 11.7 Å². The van der Waals surface area contributed by atoms with Gasteiger partial charge in [0.25, 0.3) is 0 Å². The molecule has 0 aliphatic carbocycles. The summed E-state index contributed by atoms with van der Waals surface area (Å²) in [5, 5.41) is 0. The molecule has 1 fully saturated rings. The zero-order chi connectivity index (χ0) is 17.4. The lowest BCUT2D eigenvalue weighted by molar-refractivity contribution is 0.364. The predicted octanol–water partition coefficient (Wildman–Crippen LogP) is 3.90. The van der Waals surface area contributed by atoms with Gasteiger partial charge in [-0.2, -0.15) is 4.98 Å². The Morgan fingerprint density at radius 2 is 2.24 bits per heavy atom. The molecule has 0 bridgehead atoms. The average Bonchev–Trinajstić information content (AvgIpc) is 3.26. The van der Waals surface area contributed by atoms with E-state index in [1.165, 1.54) is 0 Å². The zero-order valence-corrected chi connectivity index (χ0v) is 14.9. The molecule has 0 saturated carbocycles. The number of anilines is 1. The van der Waals surface area contributed by atoms with Crippen molar-refractivity contribution < 1.29 is 9.13 Å². The van der Waals surface area contributed by atoms with Crippen LogP contribution in [0.4, 0.5) is 10.1 Å². The molecule has 7 heteroatoms. The van der Waals surface area contributed by atoms with Gasteiger partial charge >= 0.3 is 0 Å². The van der Waals surface area contributed by atoms with Crippen LogP contribution in [-0.4, -0.2) is 47.6 Å². The van der Waals surface area contributed by atoms with E-state index >= 15 is 0 Å². The number of ether oxygens (including phenoxy) is 1. The first-order valence-electron chi connectivity index (χ1n) is 8.15. The minimum Gasteiger partial charge on any atom is -0.480 e. The maximum Gasteiger partial charge on any atom is 0.234 e. The first-order chi connectivity index (χ1) is 12.2. The summed E-state index contributed by atoms with van der Waals surface area (Å²) in [6.07, 6.45) is 3.47. The van der Waals surface area contributed by atoms with Gasteiger partial charge in [-0.05, 0) is 36.9 Å². The molecule has 0 amide bonds. The van der Waals surface area contributed by atoms with E-state index in [1.54, 1.807) is 25.1 Å². The summed E-state index contributed by atoms with van der Waals surface area (Å²) >= 11 is 1.68. The van der Waals surface area contributed by atoms with Crippen molar-refractivity contribution in [3.63, 3.8) is 0 Å². The number of hydrogen-bond donors (Lipinski definition) is 1. The molecule has 1 atom stereocenters. The van der Waals surface area contributed by atoms with E-state index in [2.05, 4.69) is 38.1 Å². The lowest BCUT2D eigenvalue weighted by Gasteiger charge is -2.21. The van der Waals surface area contributed by atoms with E-state index < -0.39 is 6.17 Å². The van der Waals surface area contributed by atoms with Crippen molar-refractivity contribution >= 4 is 28.6 Å². The van der Waals surface area contributed by atoms with Crippen LogP contribution >= 0.6 is 11.8 Å². The van der Waals surface area contributed by atoms with Crippen LogP contribution in [-0.2, 0) is 0 Å². The molecule has 4 rings (SSSR count). The number of nitrogens with one attached hydrogen (secondary N) is 1. The molecule has 1 unspecified atom stereocenters. The van der Waals surface area contributed by atoms with Gasteiger partial charge in [-0.1, -0.05) is 0 Å². The van der Waals surface area contributed by atoms with Gasteiger partial charge in [0.15, 0.2) is 5.65 Å². The number of methoxy groups -OCH3 is 1. The first-order valence-corrected chi connectivity index (χ1v) is 9.37. The van der Waals surface area contributed by atoms with Crippen LogP contribution in [0.5, 0.6) is 5.88 Å². The number of benzene rings is 1. The molecule has 5 nitrogen and oxygen atoms in total. The smallest absolute Gasteiger partial charge is 0.234 e. The third-order valence-corrected chi connectivity index (χ3v) is 5.21. The number of aromatic amines is 1. The van der Waals surface area contributed by atoms with E-state index in [0.29, 0.717) is 24.5 Å². The molecule has 0 spiro atoms. The molecule has 3 aromatic rings. The van der Waals surface area contributed by atoms with Crippen molar-refractivity contribution in [1.29, 1.82) is 0 Å². The van der Waals surface area contributed by atoms with Gasteiger partial charge in [-0.25, -0.2) is 9.37 Å². The van der Waals surface area contributed by atoms with Crippen molar-refractivity contribution in [3.05, 3.63) is 30.5 Å². The highest BCUT2D eigenvalue weighted by Crippen LogP contribution is 2.36. The van der Waals surface area contributed by atoms with Crippen LogP contribution < -0.4 is 9.64 Å². The normalized spacial score (nSPS) is 17.4.